The Hall–Kier alpha value is -4.52. The molecule has 0 saturated carbocycles. The molecule has 10 heteroatoms. The number of imidazole rings is 1. The Bertz CT molecular complexity index is 2000. The smallest absolute Gasteiger partial charge is 0.246 e. The number of nitrogens with zero attached hydrogens (tertiary/aromatic N) is 7. The van der Waals surface area contributed by atoms with E-state index in [1.54, 1.807) is 17.3 Å². The van der Waals surface area contributed by atoms with Gasteiger partial charge in [-0.2, -0.15) is 0 Å². The summed E-state index contributed by atoms with van der Waals surface area (Å²) in [6, 6.07) is 15.4. The van der Waals surface area contributed by atoms with Crippen molar-refractivity contribution < 1.29 is 9.18 Å². The van der Waals surface area contributed by atoms with Crippen LogP contribution in [0.1, 0.15) is 12.5 Å². The van der Waals surface area contributed by atoms with E-state index in [4.69, 9.17) is 28.1 Å². The molecule has 0 spiro atoms. The van der Waals surface area contributed by atoms with Crippen LogP contribution in [0, 0.1) is 12.4 Å². The molecule has 1 amide bonds. The molecule has 8 nitrogen and oxygen atoms in total. The zero-order chi connectivity index (χ0) is 30.7. The van der Waals surface area contributed by atoms with E-state index in [1.165, 1.54) is 6.08 Å². The first-order valence-corrected chi connectivity index (χ1v) is 15.0. The zero-order valence-electron chi connectivity index (χ0n) is 24.5. The first-order chi connectivity index (χ1) is 21.3. The first-order valence-electron chi connectivity index (χ1n) is 14.6. The number of hydrogen-bond donors (Lipinski definition) is 0. The molecular formula is C34H31ClFN7O. The molecule has 2 saturated heterocycles. The highest BCUT2D eigenvalue weighted by atomic mass is 35.5. The summed E-state index contributed by atoms with van der Waals surface area (Å²) in [4.78, 5) is 32.1. The summed E-state index contributed by atoms with van der Waals surface area (Å²) in [7, 11) is 4.10. The highest BCUT2D eigenvalue weighted by molar-refractivity contribution is 6.35. The third-order valence-corrected chi connectivity index (χ3v) is 9.47. The van der Waals surface area contributed by atoms with Gasteiger partial charge in [0.05, 0.1) is 22.9 Å². The number of benzene rings is 3. The van der Waals surface area contributed by atoms with Crippen molar-refractivity contribution in [2.45, 2.75) is 24.5 Å². The molecule has 5 aromatic rings. The predicted octanol–water partition coefficient (Wildman–Crippen LogP) is 6.19. The Morgan fingerprint density at radius 2 is 1.93 bits per heavy atom. The predicted molar refractivity (Wildman–Crippen MR) is 173 cm³/mol. The number of fused-ring (bicyclic) bond motifs is 4. The van der Waals surface area contributed by atoms with E-state index < -0.39 is 5.82 Å². The van der Waals surface area contributed by atoms with Crippen LogP contribution in [0.25, 0.3) is 48.7 Å². The SMILES string of the molecule is [C-]#[N+]C[C@H]1C[C@@H](n2cnc3c(N4CC(N(C)C)C4)nc4c(F)c(-c5cccc6ccccc56)c(Cl)cc4c32)CN1C(=O)C=C. The van der Waals surface area contributed by atoms with E-state index in [0.717, 1.165) is 29.4 Å². The molecule has 2 atom stereocenters. The monoisotopic (exact) mass is 607 g/mol. The highest BCUT2D eigenvalue weighted by Crippen LogP contribution is 2.43. The topological polar surface area (TPSA) is 61.9 Å². The van der Waals surface area contributed by atoms with Crippen molar-refractivity contribution in [3.05, 3.63) is 89.8 Å². The average Bonchev–Trinajstić information content (AvgIpc) is 3.62. The quantitative estimate of drug-likeness (QED) is 0.170. The molecule has 222 valence electrons. The lowest BCUT2D eigenvalue weighted by molar-refractivity contribution is -0.126. The molecule has 0 unspecified atom stereocenters. The normalized spacial score (nSPS) is 18.8. The molecule has 0 radical (unpaired) electrons. The van der Waals surface area contributed by atoms with Gasteiger partial charge in [-0.25, -0.2) is 20.9 Å². The van der Waals surface area contributed by atoms with Gasteiger partial charge in [0.15, 0.2) is 11.6 Å². The molecule has 2 aliphatic heterocycles. The van der Waals surface area contributed by atoms with Gasteiger partial charge >= 0.3 is 0 Å². The number of likely N-dealkylation sites (N-methyl/N-ethyl adjacent to an activating group) is 1. The van der Waals surface area contributed by atoms with E-state index in [-0.39, 0.29) is 35.1 Å². The molecule has 0 N–H and O–H groups in total. The number of carbonyl (C=O) groups is 1. The summed E-state index contributed by atoms with van der Waals surface area (Å²) in [5.74, 6) is -0.0590. The maximum atomic E-state index is 16.9. The number of hydrogen-bond acceptors (Lipinski definition) is 5. The summed E-state index contributed by atoms with van der Waals surface area (Å²) in [6.07, 6.45) is 3.62. The molecule has 4 heterocycles. The van der Waals surface area contributed by atoms with Crippen LogP contribution in [0.4, 0.5) is 10.2 Å². The van der Waals surface area contributed by atoms with Crippen molar-refractivity contribution >= 4 is 56.0 Å². The zero-order valence-corrected chi connectivity index (χ0v) is 25.3. The fourth-order valence-corrected chi connectivity index (χ4v) is 7.04. The molecule has 0 bridgehead atoms. The van der Waals surface area contributed by atoms with Crippen LogP contribution >= 0.6 is 11.6 Å². The van der Waals surface area contributed by atoms with Gasteiger partial charge in [0, 0.05) is 36.6 Å². The minimum atomic E-state index is -0.481. The van der Waals surface area contributed by atoms with E-state index >= 15 is 4.39 Å². The Morgan fingerprint density at radius 3 is 2.68 bits per heavy atom. The third kappa shape index (κ3) is 4.40. The van der Waals surface area contributed by atoms with Crippen molar-refractivity contribution in [1.82, 2.24) is 24.3 Å². The summed E-state index contributed by atoms with van der Waals surface area (Å²) < 4.78 is 19.0. The molecular weight excluding hydrogens is 577 g/mol. The van der Waals surface area contributed by atoms with Crippen LogP contribution in [0.15, 0.2) is 67.5 Å². The van der Waals surface area contributed by atoms with E-state index in [9.17, 15) is 4.79 Å². The number of rotatable bonds is 6. The van der Waals surface area contributed by atoms with Crippen LogP contribution in [0.2, 0.25) is 5.02 Å². The van der Waals surface area contributed by atoms with Crippen molar-refractivity contribution in [2.24, 2.45) is 0 Å². The van der Waals surface area contributed by atoms with Crippen LogP contribution in [-0.4, -0.2) is 82.6 Å². The second-order valence-electron chi connectivity index (χ2n) is 11.9. The lowest BCUT2D eigenvalue weighted by atomic mass is 9.96. The van der Waals surface area contributed by atoms with Crippen molar-refractivity contribution in [3.8, 4) is 11.1 Å². The number of anilines is 1. The van der Waals surface area contributed by atoms with E-state index in [0.29, 0.717) is 46.9 Å². The van der Waals surface area contributed by atoms with Crippen LogP contribution in [-0.2, 0) is 4.79 Å². The van der Waals surface area contributed by atoms with Gasteiger partial charge in [0.2, 0.25) is 12.5 Å². The lowest BCUT2D eigenvalue weighted by Gasteiger charge is -2.43. The molecule has 0 aliphatic carbocycles. The Labute approximate surface area is 259 Å². The fraction of sp³-hybridized carbons (Fsp3) is 0.294. The summed E-state index contributed by atoms with van der Waals surface area (Å²) in [6.45, 7) is 13.2. The van der Waals surface area contributed by atoms with Gasteiger partial charge in [-0.15, -0.1) is 0 Å². The van der Waals surface area contributed by atoms with E-state index in [2.05, 4.69) is 21.2 Å². The van der Waals surface area contributed by atoms with E-state index in [1.807, 2.05) is 61.1 Å². The maximum Gasteiger partial charge on any atom is 0.246 e. The first kappa shape index (κ1) is 28.3. The number of aromatic nitrogens is 3. The lowest BCUT2D eigenvalue weighted by Crippen LogP contribution is -2.57. The minimum absolute atomic E-state index is 0.167. The third-order valence-electron chi connectivity index (χ3n) is 9.17. The highest BCUT2D eigenvalue weighted by Gasteiger charge is 2.39. The van der Waals surface area contributed by atoms with Crippen LogP contribution in [0.3, 0.4) is 0 Å². The summed E-state index contributed by atoms with van der Waals surface area (Å²) in [5.41, 5.74) is 2.64. The van der Waals surface area contributed by atoms with Gasteiger partial charge in [0.25, 0.3) is 0 Å². The molecule has 2 aliphatic rings. The van der Waals surface area contributed by atoms with Gasteiger partial charge in [-0.05, 0) is 49.0 Å². The number of pyridine rings is 1. The van der Waals surface area contributed by atoms with Crippen molar-refractivity contribution in [2.75, 3.05) is 45.2 Å². The van der Waals surface area contributed by atoms with Crippen molar-refractivity contribution in [1.29, 1.82) is 0 Å². The largest absolute Gasteiger partial charge is 0.351 e. The van der Waals surface area contributed by atoms with Crippen LogP contribution < -0.4 is 4.90 Å². The second-order valence-corrected chi connectivity index (χ2v) is 12.3. The minimum Gasteiger partial charge on any atom is -0.351 e. The van der Waals surface area contributed by atoms with Gasteiger partial charge in [-0.1, -0.05) is 60.6 Å². The number of halogens is 2. The number of carbonyl (C=O) groups excluding carboxylic acids is 1. The van der Waals surface area contributed by atoms with Gasteiger partial charge in [-0.3, -0.25) is 4.79 Å². The maximum absolute atomic E-state index is 16.9. The molecule has 44 heavy (non-hydrogen) atoms. The standard InChI is InChI=1S/C34H31ClFN7O/c1-5-28(44)42-18-22(13-21(42)15-37-2)43-19-38-32-33(43)26-14-27(35)29(25-12-8-10-20-9-6-7-11-24(20)25)30(36)31(26)39-34(32)41-16-23(17-41)40(3)4/h5-12,14,19,21-23H,1,13,15-18H2,3-4H3/t21-,22-/m1/s1. The van der Waals surface area contributed by atoms with Gasteiger partial charge in [0.1, 0.15) is 17.1 Å². The van der Waals surface area contributed by atoms with Crippen molar-refractivity contribution in [3.63, 3.8) is 0 Å². The van der Waals surface area contributed by atoms with Gasteiger partial charge < -0.3 is 24.1 Å². The molecule has 7 rings (SSSR count). The second kappa shape index (κ2) is 10.9. The Kier molecular flexibility index (Phi) is 6.99. The fourth-order valence-electron chi connectivity index (χ4n) is 6.75. The number of amides is 1. The summed E-state index contributed by atoms with van der Waals surface area (Å²) >= 11 is 6.95. The molecule has 3 aromatic carbocycles. The number of likely N-dealkylation sites (tertiary alicyclic amines) is 1. The average molecular weight is 608 g/mol. The Balaban J connectivity index is 1.45. The Morgan fingerprint density at radius 1 is 1.16 bits per heavy atom. The van der Waals surface area contributed by atoms with Crippen LogP contribution in [0.5, 0.6) is 0 Å². The molecule has 2 aromatic heterocycles. The summed E-state index contributed by atoms with van der Waals surface area (Å²) in [5, 5.41) is 2.74. The molecule has 2 fully saturated rings.